The fourth-order valence-electron chi connectivity index (χ4n) is 3.15. The van der Waals surface area contributed by atoms with Gasteiger partial charge >= 0.3 is 0 Å². The summed E-state index contributed by atoms with van der Waals surface area (Å²) in [6.45, 7) is 0.408. The molecule has 1 amide bonds. The Labute approximate surface area is 181 Å². The summed E-state index contributed by atoms with van der Waals surface area (Å²) in [5.74, 6) is 1.13. The SMILES string of the molecule is O=C(CCc1ccc(S(=O)(=O)NCc2ccccc2)cc1)Nc1ccc2c(c1)OCO2. The molecule has 160 valence electrons. The summed E-state index contributed by atoms with van der Waals surface area (Å²) < 4.78 is 38.1. The van der Waals surface area contributed by atoms with Crippen molar-refractivity contribution in [3.63, 3.8) is 0 Å². The molecule has 3 aromatic carbocycles. The predicted octanol–water partition coefficient (Wildman–Crippen LogP) is 3.47. The topological polar surface area (TPSA) is 93.7 Å². The van der Waals surface area contributed by atoms with E-state index in [0.29, 0.717) is 23.6 Å². The van der Waals surface area contributed by atoms with Crippen molar-refractivity contribution in [3.05, 3.63) is 83.9 Å². The van der Waals surface area contributed by atoms with Crippen LogP contribution in [0.15, 0.2) is 77.7 Å². The van der Waals surface area contributed by atoms with E-state index < -0.39 is 10.0 Å². The van der Waals surface area contributed by atoms with Crippen LogP contribution in [0.5, 0.6) is 11.5 Å². The Kier molecular flexibility index (Phi) is 6.20. The van der Waals surface area contributed by atoms with E-state index in [4.69, 9.17) is 9.47 Å². The second kappa shape index (κ2) is 9.20. The summed E-state index contributed by atoms with van der Waals surface area (Å²) in [6, 6.07) is 21.1. The number of fused-ring (bicyclic) bond motifs is 1. The lowest BCUT2D eigenvalue weighted by Crippen LogP contribution is -2.23. The molecule has 0 saturated heterocycles. The zero-order valence-corrected chi connectivity index (χ0v) is 17.5. The van der Waals surface area contributed by atoms with Gasteiger partial charge in [0, 0.05) is 24.7 Å². The first-order valence-electron chi connectivity index (χ1n) is 9.82. The highest BCUT2D eigenvalue weighted by Gasteiger charge is 2.15. The van der Waals surface area contributed by atoms with Gasteiger partial charge in [-0.1, -0.05) is 42.5 Å². The molecule has 0 atom stereocenters. The zero-order valence-electron chi connectivity index (χ0n) is 16.7. The lowest BCUT2D eigenvalue weighted by molar-refractivity contribution is -0.116. The summed E-state index contributed by atoms with van der Waals surface area (Å²) in [5.41, 5.74) is 2.40. The zero-order chi connectivity index (χ0) is 21.7. The van der Waals surface area contributed by atoms with E-state index in [0.717, 1.165) is 11.1 Å². The largest absolute Gasteiger partial charge is 0.454 e. The summed E-state index contributed by atoms with van der Waals surface area (Å²) in [6.07, 6.45) is 0.765. The number of nitrogens with one attached hydrogen (secondary N) is 2. The second-order valence-electron chi connectivity index (χ2n) is 7.07. The number of anilines is 1. The van der Waals surface area contributed by atoms with Gasteiger partial charge in [0.2, 0.25) is 22.7 Å². The third kappa shape index (κ3) is 5.42. The van der Waals surface area contributed by atoms with Crippen LogP contribution in [0, 0.1) is 0 Å². The Balaban J connectivity index is 1.29. The molecule has 0 fully saturated rings. The second-order valence-corrected chi connectivity index (χ2v) is 8.84. The van der Waals surface area contributed by atoms with Crippen molar-refractivity contribution in [1.29, 1.82) is 0 Å². The van der Waals surface area contributed by atoms with Crippen molar-refractivity contribution >= 4 is 21.6 Å². The minimum atomic E-state index is -3.60. The number of ether oxygens (including phenoxy) is 2. The van der Waals surface area contributed by atoms with Gasteiger partial charge in [0.25, 0.3) is 0 Å². The van der Waals surface area contributed by atoms with Crippen molar-refractivity contribution in [1.82, 2.24) is 4.72 Å². The van der Waals surface area contributed by atoms with Crippen LogP contribution in [0.3, 0.4) is 0 Å². The minimum absolute atomic E-state index is 0.139. The van der Waals surface area contributed by atoms with Gasteiger partial charge in [0.05, 0.1) is 4.90 Å². The van der Waals surface area contributed by atoms with E-state index in [1.165, 1.54) is 0 Å². The maximum Gasteiger partial charge on any atom is 0.240 e. The molecule has 1 heterocycles. The minimum Gasteiger partial charge on any atom is -0.454 e. The molecular weight excluding hydrogens is 416 g/mol. The number of hydrogen-bond donors (Lipinski definition) is 2. The highest BCUT2D eigenvalue weighted by atomic mass is 32.2. The molecule has 2 N–H and O–H groups in total. The highest BCUT2D eigenvalue weighted by molar-refractivity contribution is 7.89. The fourth-order valence-corrected chi connectivity index (χ4v) is 4.17. The van der Waals surface area contributed by atoms with E-state index in [9.17, 15) is 13.2 Å². The third-order valence-corrected chi connectivity index (χ3v) is 6.26. The Bertz CT molecular complexity index is 1160. The summed E-state index contributed by atoms with van der Waals surface area (Å²) in [5, 5.41) is 2.83. The van der Waals surface area contributed by atoms with E-state index in [1.807, 2.05) is 30.3 Å². The quantitative estimate of drug-likeness (QED) is 0.562. The van der Waals surface area contributed by atoms with Crippen LogP contribution < -0.4 is 19.5 Å². The van der Waals surface area contributed by atoms with Crippen molar-refractivity contribution < 1.29 is 22.7 Å². The number of carbonyl (C=O) groups excluding carboxylic acids is 1. The van der Waals surface area contributed by atoms with E-state index in [2.05, 4.69) is 10.0 Å². The van der Waals surface area contributed by atoms with Crippen LogP contribution in [0.4, 0.5) is 5.69 Å². The molecule has 0 spiro atoms. The van der Waals surface area contributed by atoms with Gasteiger partial charge in [-0.15, -0.1) is 0 Å². The van der Waals surface area contributed by atoms with Crippen molar-refractivity contribution in [2.75, 3.05) is 12.1 Å². The molecule has 4 rings (SSSR count). The van der Waals surface area contributed by atoms with Crippen LogP contribution >= 0.6 is 0 Å². The van der Waals surface area contributed by atoms with Crippen molar-refractivity contribution in [3.8, 4) is 11.5 Å². The van der Waals surface area contributed by atoms with Gasteiger partial charge in [0.1, 0.15) is 0 Å². The molecule has 0 radical (unpaired) electrons. The van der Waals surface area contributed by atoms with Crippen molar-refractivity contribution in [2.24, 2.45) is 0 Å². The molecule has 7 nitrogen and oxygen atoms in total. The lowest BCUT2D eigenvalue weighted by Gasteiger charge is -2.09. The smallest absolute Gasteiger partial charge is 0.240 e. The van der Waals surface area contributed by atoms with Crippen LogP contribution in [-0.4, -0.2) is 21.1 Å². The Morgan fingerprint density at radius 3 is 2.39 bits per heavy atom. The standard InChI is InChI=1S/C23H22N2O5S/c26-23(25-19-9-12-21-22(14-19)30-16-29-21)13-8-17-6-10-20(11-7-17)31(27,28)24-15-18-4-2-1-3-5-18/h1-7,9-12,14,24H,8,13,15-16H2,(H,25,26). The fraction of sp³-hybridized carbons (Fsp3) is 0.174. The number of amides is 1. The number of hydrogen-bond acceptors (Lipinski definition) is 5. The van der Waals surface area contributed by atoms with Gasteiger partial charge in [-0.05, 0) is 41.8 Å². The first-order valence-corrected chi connectivity index (χ1v) is 11.3. The van der Waals surface area contributed by atoms with Crippen LogP contribution in [0.1, 0.15) is 17.5 Å². The Hall–Kier alpha value is -3.36. The van der Waals surface area contributed by atoms with Gasteiger partial charge in [-0.2, -0.15) is 0 Å². The maximum atomic E-state index is 12.5. The summed E-state index contributed by atoms with van der Waals surface area (Å²) in [4.78, 5) is 12.4. The molecule has 31 heavy (non-hydrogen) atoms. The lowest BCUT2D eigenvalue weighted by atomic mass is 10.1. The molecule has 0 aromatic heterocycles. The first-order chi connectivity index (χ1) is 15.0. The molecule has 8 heteroatoms. The number of aryl methyl sites for hydroxylation is 1. The predicted molar refractivity (Wildman–Crippen MR) is 116 cm³/mol. The molecule has 0 saturated carbocycles. The number of rotatable bonds is 8. The molecule has 0 aliphatic carbocycles. The average Bonchev–Trinajstić information content (AvgIpc) is 3.25. The summed E-state index contributed by atoms with van der Waals surface area (Å²) >= 11 is 0. The number of benzene rings is 3. The van der Waals surface area contributed by atoms with E-state index >= 15 is 0 Å². The Morgan fingerprint density at radius 2 is 1.61 bits per heavy atom. The highest BCUT2D eigenvalue weighted by Crippen LogP contribution is 2.34. The monoisotopic (exact) mass is 438 g/mol. The van der Waals surface area contributed by atoms with Crippen LogP contribution in [0.25, 0.3) is 0 Å². The first kappa shape index (κ1) is 20.9. The van der Waals surface area contributed by atoms with Gasteiger partial charge in [0.15, 0.2) is 11.5 Å². The van der Waals surface area contributed by atoms with Crippen molar-refractivity contribution in [2.45, 2.75) is 24.3 Å². The summed E-state index contributed by atoms with van der Waals surface area (Å²) in [7, 11) is -3.60. The van der Waals surface area contributed by atoms with Crippen LogP contribution in [0.2, 0.25) is 0 Å². The van der Waals surface area contributed by atoms with E-state index in [1.54, 1.807) is 42.5 Å². The average molecular weight is 439 g/mol. The molecule has 1 aliphatic rings. The number of sulfonamides is 1. The molecule has 0 bridgehead atoms. The van der Waals surface area contributed by atoms with Crippen LogP contribution in [-0.2, 0) is 27.8 Å². The number of carbonyl (C=O) groups is 1. The third-order valence-electron chi connectivity index (χ3n) is 4.84. The van der Waals surface area contributed by atoms with Gasteiger partial charge < -0.3 is 14.8 Å². The normalized spacial score (nSPS) is 12.5. The molecular formula is C23H22N2O5S. The van der Waals surface area contributed by atoms with Gasteiger partial charge in [-0.3, -0.25) is 4.79 Å². The van der Waals surface area contributed by atoms with E-state index in [-0.39, 0.29) is 30.6 Å². The molecule has 3 aromatic rings. The molecule has 1 aliphatic heterocycles. The molecule has 0 unspecified atom stereocenters. The Morgan fingerprint density at radius 1 is 0.871 bits per heavy atom. The van der Waals surface area contributed by atoms with Gasteiger partial charge in [-0.25, -0.2) is 13.1 Å². The maximum absolute atomic E-state index is 12.5.